The molecule has 0 unspecified atom stereocenters. The Bertz CT molecular complexity index is 999. The molecule has 2 aromatic carbocycles. The van der Waals surface area contributed by atoms with Crippen LogP contribution in [0.25, 0.3) is 0 Å². The van der Waals surface area contributed by atoms with Crippen molar-refractivity contribution >= 4 is 21.6 Å². The molecule has 0 spiro atoms. The van der Waals surface area contributed by atoms with E-state index in [1.807, 2.05) is 0 Å². The normalized spacial score (nSPS) is 15.3. The van der Waals surface area contributed by atoms with Crippen molar-refractivity contribution in [3.05, 3.63) is 42.5 Å². The predicted octanol–water partition coefficient (Wildman–Crippen LogP) is 3.14. The van der Waals surface area contributed by atoms with Gasteiger partial charge in [-0.25, -0.2) is 8.42 Å². The number of anilines is 1. The molecule has 1 fully saturated rings. The standard InChI is InChI=1S/C22H28N2O6S/c1-16-10-12-24(13-11-16)31(26,27)19-7-4-17(5-8-19)30-15-22(25)23-20-9-6-18(28-2)14-21(20)29-3/h4-9,14,16H,10-13,15H2,1-3H3,(H,23,25). The maximum Gasteiger partial charge on any atom is 0.262 e. The molecule has 1 amide bonds. The fourth-order valence-electron chi connectivity index (χ4n) is 3.32. The first-order valence-corrected chi connectivity index (χ1v) is 11.5. The van der Waals surface area contributed by atoms with Gasteiger partial charge in [0, 0.05) is 19.2 Å². The molecule has 1 aliphatic heterocycles. The van der Waals surface area contributed by atoms with Crippen LogP contribution in [0.2, 0.25) is 0 Å². The van der Waals surface area contributed by atoms with Gasteiger partial charge in [0.1, 0.15) is 17.2 Å². The topological polar surface area (TPSA) is 94.2 Å². The minimum absolute atomic E-state index is 0.224. The molecule has 0 aliphatic carbocycles. The van der Waals surface area contributed by atoms with Gasteiger partial charge in [-0.15, -0.1) is 0 Å². The number of benzene rings is 2. The van der Waals surface area contributed by atoms with Crippen LogP contribution in [0.1, 0.15) is 19.8 Å². The SMILES string of the molecule is COc1ccc(NC(=O)COc2ccc(S(=O)(=O)N3CCC(C)CC3)cc2)c(OC)c1. The van der Waals surface area contributed by atoms with Crippen molar-refractivity contribution in [2.45, 2.75) is 24.7 Å². The summed E-state index contributed by atoms with van der Waals surface area (Å²) in [6, 6.07) is 11.2. The van der Waals surface area contributed by atoms with Crippen LogP contribution in [0.15, 0.2) is 47.4 Å². The monoisotopic (exact) mass is 448 g/mol. The number of hydrogen-bond donors (Lipinski definition) is 1. The first-order chi connectivity index (χ1) is 14.8. The maximum absolute atomic E-state index is 12.8. The van der Waals surface area contributed by atoms with Crippen molar-refractivity contribution in [1.82, 2.24) is 4.31 Å². The number of amides is 1. The number of methoxy groups -OCH3 is 2. The van der Waals surface area contributed by atoms with Gasteiger partial charge in [-0.1, -0.05) is 6.92 Å². The summed E-state index contributed by atoms with van der Waals surface area (Å²) in [5, 5.41) is 2.72. The molecule has 1 heterocycles. The van der Waals surface area contributed by atoms with Crippen LogP contribution < -0.4 is 19.5 Å². The zero-order chi connectivity index (χ0) is 22.4. The van der Waals surface area contributed by atoms with E-state index < -0.39 is 10.0 Å². The van der Waals surface area contributed by atoms with E-state index in [0.29, 0.717) is 41.9 Å². The molecule has 0 atom stereocenters. The van der Waals surface area contributed by atoms with Crippen LogP contribution in [-0.2, 0) is 14.8 Å². The van der Waals surface area contributed by atoms with E-state index in [9.17, 15) is 13.2 Å². The van der Waals surface area contributed by atoms with Crippen LogP contribution in [-0.4, -0.2) is 52.5 Å². The Kier molecular flexibility index (Phi) is 7.40. The molecule has 0 aromatic heterocycles. The van der Waals surface area contributed by atoms with E-state index in [-0.39, 0.29) is 17.4 Å². The molecule has 168 valence electrons. The third-order valence-corrected chi connectivity index (χ3v) is 7.17. The van der Waals surface area contributed by atoms with Crippen molar-refractivity contribution in [3.8, 4) is 17.2 Å². The number of ether oxygens (including phenoxy) is 3. The maximum atomic E-state index is 12.8. The lowest BCUT2D eigenvalue weighted by Gasteiger charge is -2.29. The number of rotatable bonds is 8. The van der Waals surface area contributed by atoms with Crippen LogP contribution in [0, 0.1) is 5.92 Å². The molecule has 0 radical (unpaired) electrons. The number of nitrogens with zero attached hydrogens (tertiary/aromatic N) is 1. The zero-order valence-corrected chi connectivity index (χ0v) is 18.8. The molecule has 1 saturated heterocycles. The molecule has 9 heteroatoms. The molecule has 1 aliphatic rings. The summed E-state index contributed by atoms with van der Waals surface area (Å²) < 4.78 is 43.0. The lowest BCUT2D eigenvalue weighted by atomic mass is 10.0. The fraction of sp³-hybridized carbons (Fsp3) is 0.409. The fourth-order valence-corrected chi connectivity index (χ4v) is 4.79. The van der Waals surface area contributed by atoms with Crippen molar-refractivity contribution in [2.24, 2.45) is 5.92 Å². The van der Waals surface area contributed by atoms with Crippen molar-refractivity contribution in [1.29, 1.82) is 0 Å². The molecule has 1 N–H and O–H groups in total. The van der Waals surface area contributed by atoms with Gasteiger partial charge in [-0.3, -0.25) is 4.79 Å². The number of carbonyl (C=O) groups excluding carboxylic acids is 1. The van der Waals surface area contributed by atoms with Crippen molar-refractivity contribution in [3.63, 3.8) is 0 Å². The summed E-state index contributed by atoms with van der Waals surface area (Å²) in [4.78, 5) is 12.5. The third-order valence-electron chi connectivity index (χ3n) is 5.26. The summed E-state index contributed by atoms with van der Waals surface area (Å²) in [6.45, 7) is 2.98. The Balaban J connectivity index is 1.57. The molecular weight excluding hydrogens is 420 g/mol. The average Bonchev–Trinajstić information content (AvgIpc) is 2.78. The van der Waals surface area contributed by atoms with E-state index in [2.05, 4.69) is 12.2 Å². The first-order valence-electron chi connectivity index (χ1n) is 10.1. The molecule has 3 rings (SSSR count). The lowest BCUT2D eigenvalue weighted by molar-refractivity contribution is -0.118. The van der Waals surface area contributed by atoms with Gasteiger partial charge in [-0.2, -0.15) is 4.31 Å². The summed E-state index contributed by atoms with van der Waals surface area (Å²) in [7, 11) is -0.466. The van der Waals surface area contributed by atoms with Crippen LogP contribution in [0.5, 0.6) is 17.2 Å². The third kappa shape index (κ3) is 5.68. The second kappa shape index (κ2) is 10.0. The largest absolute Gasteiger partial charge is 0.497 e. The zero-order valence-electron chi connectivity index (χ0n) is 18.0. The van der Waals surface area contributed by atoms with Gasteiger partial charge in [0.25, 0.3) is 5.91 Å². The van der Waals surface area contributed by atoms with Gasteiger partial charge in [0.2, 0.25) is 10.0 Å². The Morgan fingerprint density at radius 3 is 2.29 bits per heavy atom. The highest BCUT2D eigenvalue weighted by Gasteiger charge is 2.27. The molecular formula is C22H28N2O6S. The molecule has 31 heavy (non-hydrogen) atoms. The van der Waals surface area contributed by atoms with Gasteiger partial charge in [-0.05, 0) is 55.2 Å². The van der Waals surface area contributed by atoms with E-state index >= 15 is 0 Å². The van der Waals surface area contributed by atoms with E-state index in [1.165, 1.54) is 23.5 Å². The average molecular weight is 449 g/mol. The second-order valence-electron chi connectivity index (χ2n) is 7.46. The summed E-state index contributed by atoms with van der Waals surface area (Å²) in [5.41, 5.74) is 0.495. The quantitative estimate of drug-likeness (QED) is 0.667. The Morgan fingerprint density at radius 2 is 1.68 bits per heavy atom. The predicted molar refractivity (Wildman–Crippen MR) is 117 cm³/mol. The highest BCUT2D eigenvalue weighted by Crippen LogP contribution is 2.29. The van der Waals surface area contributed by atoms with Crippen LogP contribution in [0.3, 0.4) is 0 Å². The van der Waals surface area contributed by atoms with Gasteiger partial charge < -0.3 is 19.5 Å². The van der Waals surface area contributed by atoms with E-state index in [1.54, 1.807) is 37.4 Å². The number of sulfonamides is 1. The highest BCUT2D eigenvalue weighted by atomic mass is 32.2. The van der Waals surface area contributed by atoms with E-state index in [0.717, 1.165) is 12.8 Å². The highest BCUT2D eigenvalue weighted by molar-refractivity contribution is 7.89. The van der Waals surface area contributed by atoms with Gasteiger partial charge >= 0.3 is 0 Å². The molecule has 2 aromatic rings. The summed E-state index contributed by atoms with van der Waals surface area (Å²) in [6.07, 6.45) is 1.74. The van der Waals surface area contributed by atoms with Crippen molar-refractivity contribution in [2.75, 3.05) is 39.2 Å². The molecule has 0 saturated carbocycles. The smallest absolute Gasteiger partial charge is 0.262 e. The van der Waals surface area contributed by atoms with Crippen LogP contribution >= 0.6 is 0 Å². The number of carbonyl (C=O) groups is 1. The lowest BCUT2D eigenvalue weighted by Crippen LogP contribution is -2.37. The first kappa shape index (κ1) is 22.9. The Hall–Kier alpha value is -2.78. The second-order valence-corrected chi connectivity index (χ2v) is 9.40. The number of hydrogen-bond acceptors (Lipinski definition) is 6. The minimum Gasteiger partial charge on any atom is -0.497 e. The van der Waals surface area contributed by atoms with Crippen LogP contribution in [0.4, 0.5) is 5.69 Å². The molecule has 0 bridgehead atoms. The minimum atomic E-state index is -3.51. The van der Waals surface area contributed by atoms with Gasteiger partial charge in [0.05, 0.1) is 24.8 Å². The number of piperidine rings is 1. The Morgan fingerprint density at radius 1 is 1.03 bits per heavy atom. The molecule has 8 nitrogen and oxygen atoms in total. The number of nitrogens with one attached hydrogen (secondary N) is 1. The Labute approximate surface area is 183 Å². The summed E-state index contributed by atoms with van der Waals surface area (Å²) >= 11 is 0. The summed E-state index contributed by atoms with van der Waals surface area (Å²) in [5.74, 6) is 1.66. The van der Waals surface area contributed by atoms with E-state index in [4.69, 9.17) is 14.2 Å². The van der Waals surface area contributed by atoms with Crippen molar-refractivity contribution < 1.29 is 27.4 Å². The van der Waals surface area contributed by atoms with Gasteiger partial charge in [0.15, 0.2) is 6.61 Å².